The van der Waals surface area contributed by atoms with E-state index in [-0.39, 0.29) is 5.82 Å². The number of hydrogen-bond donors (Lipinski definition) is 0. The van der Waals surface area contributed by atoms with E-state index in [0.29, 0.717) is 4.47 Å². The van der Waals surface area contributed by atoms with Gasteiger partial charge in [-0.05, 0) is 40.4 Å². The second-order valence-electron chi connectivity index (χ2n) is 2.51. The third-order valence-corrected chi connectivity index (χ3v) is 3.06. The highest BCUT2D eigenvalue weighted by Crippen LogP contribution is 2.21. The molecule has 0 N–H and O–H groups in total. The lowest BCUT2D eigenvalue weighted by molar-refractivity contribution is 0.617. The fourth-order valence-electron chi connectivity index (χ4n) is 0.999. The van der Waals surface area contributed by atoms with Gasteiger partial charge >= 0.3 is 0 Å². The average Bonchev–Trinajstić information content (AvgIpc) is 2.08. The van der Waals surface area contributed by atoms with Crippen molar-refractivity contribution in [1.29, 1.82) is 0 Å². The molecule has 0 atom stereocenters. The Kier molecular flexibility index (Phi) is 4.22. The molecule has 0 unspecified atom stereocenters. The minimum absolute atomic E-state index is 0.179. The third kappa shape index (κ3) is 2.56. The minimum Gasteiger partial charge on any atom is -0.206 e. The Labute approximate surface area is 88.4 Å². The summed E-state index contributed by atoms with van der Waals surface area (Å²) in [5.74, 6) is -0.179. The standard InChI is InChI=1S/C9H9Br2F/c10-6-2-4-7-3-1-5-8(12)9(7)11/h1,3,5H,2,4,6H2. The Morgan fingerprint density at radius 2 is 2.08 bits per heavy atom. The van der Waals surface area contributed by atoms with Crippen LogP contribution in [0.4, 0.5) is 4.39 Å². The Morgan fingerprint density at radius 1 is 1.33 bits per heavy atom. The van der Waals surface area contributed by atoms with E-state index in [1.165, 1.54) is 6.07 Å². The Bertz CT molecular complexity index is 261. The predicted octanol–water partition coefficient (Wildman–Crippen LogP) is 3.92. The molecule has 0 aliphatic rings. The average molecular weight is 296 g/mol. The van der Waals surface area contributed by atoms with Crippen LogP contribution in [0.2, 0.25) is 0 Å². The summed E-state index contributed by atoms with van der Waals surface area (Å²) in [6.45, 7) is 0. The van der Waals surface area contributed by atoms with Gasteiger partial charge in [-0.15, -0.1) is 0 Å². The molecular weight excluding hydrogens is 287 g/mol. The molecule has 0 saturated carbocycles. The van der Waals surface area contributed by atoms with Gasteiger partial charge in [-0.1, -0.05) is 28.1 Å². The molecule has 0 nitrogen and oxygen atoms in total. The van der Waals surface area contributed by atoms with Crippen LogP contribution in [0.3, 0.4) is 0 Å². The first-order valence-corrected chi connectivity index (χ1v) is 5.66. The van der Waals surface area contributed by atoms with Crippen LogP contribution in [-0.2, 0) is 6.42 Å². The van der Waals surface area contributed by atoms with Crippen LogP contribution in [0.25, 0.3) is 0 Å². The summed E-state index contributed by atoms with van der Waals surface area (Å²) >= 11 is 6.56. The summed E-state index contributed by atoms with van der Waals surface area (Å²) in [7, 11) is 0. The second kappa shape index (κ2) is 4.97. The van der Waals surface area contributed by atoms with Gasteiger partial charge in [0, 0.05) is 5.33 Å². The monoisotopic (exact) mass is 294 g/mol. The molecule has 66 valence electrons. The molecule has 12 heavy (non-hydrogen) atoms. The molecule has 1 aromatic carbocycles. The van der Waals surface area contributed by atoms with E-state index in [1.54, 1.807) is 6.07 Å². The van der Waals surface area contributed by atoms with Gasteiger partial charge in [0.25, 0.3) is 0 Å². The lowest BCUT2D eigenvalue weighted by Gasteiger charge is -2.02. The van der Waals surface area contributed by atoms with E-state index < -0.39 is 0 Å². The maximum absolute atomic E-state index is 12.9. The smallest absolute Gasteiger partial charge is 0.137 e. The zero-order valence-electron chi connectivity index (χ0n) is 6.49. The van der Waals surface area contributed by atoms with E-state index in [0.717, 1.165) is 23.7 Å². The topological polar surface area (TPSA) is 0 Å². The molecule has 0 amide bonds. The number of aryl methyl sites for hydroxylation is 1. The summed E-state index contributed by atoms with van der Waals surface area (Å²) in [6.07, 6.45) is 1.94. The molecule has 0 aromatic heterocycles. The highest BCUT2D eigenvalue weighted by molar-refractivity contribution is 9.10. The maximum Gasteiger partial charge on any atom is 0.137 e. The normalized spacial score (nSPS) is 10.2. The first kappa shape index (κ1) is 10.2. The zero-order chi connectivity index (χ0) is 8.97. The number of hydrogen-bond acceptors (Lipinski definition) is 0. The van der Waals surface area contributed by atoms with Gasteiger partial charge in [0.05, 0.1) is 4.47 Å². The van der Waals surface area contributed by atoms with Crippen molar-refractivity contribution in [2.75, 3.05) is 5.33 Å². The molecule has 0 radical (unpaired) electrons. The summed E-state index contributed by atoms with van der Waals surface area (Å²) < 4.78 is 13.6. The van der Waals surface area contributed by atoms with Crippen LogP contribution < -0.4 is 0 Å². The van der Waals surface area contributed by atoms with E-state index in [1.807, 2.05) is 6.07 Å². The van der Waals surface area contributed by atoms with Gasteiger partial charge in [-0.3, -0.25) is 0 Å². The lowest BCUT2D eigenvalue weighted by Crippen LogP contribution is -1.90. The first-order valence-electron chi connectivity index (χ1n) is 3.74. The summed E-state index contributed by atoms with van der Waals surface area (Å²) in [4.78, 5) is 0. The summed E-state index contributed by atoms with van der Waals surface area (Å²) in [5.41, 5.74) is 1.04. The van der Waals surface area contributed by atoms with Crippen LogP contribution in [0.5, 0.6) is 0 Å². The summed E-state index contributed by atoms with van der Waals surface area (Å²) in [6, 6.07) is 5.14. The molecular formula is C9H9Br2F. The van der Waals surface area contributed by atoms with Crippen molar-refractivity contribution < 1.29 is 4.39 Å². The molecule has 0 spiro atoms. The Morgan fingerprint density at radius 3 is 2.75 bits per heavy atom. The van der Waals surface area contributed by atoms with Crippen molar-refractivity contribution in [1.82, 2.24) is 0 Å². The van der Waals surface area contributed by atoms with Gasteiger partial charge in [0.15, 0.2) is 0 Å². The Balaban J connectivity index is 2.78. The van der Waals surface area contributed by atoms with Gasteiger partial charge in [-0.2, -0.15) is 0 Å². The Hall–Kier alpha value is 0.110. The quantitative estimate of drug-likeness (QED) is 0.742. The van der Waals surface area contributed by atoms with E-state index in [2.05, 4.69) is 31.9 Å². The van der Waals surface area contributed by atoms with Crippen molar-refractivity contribution in [3.63, 3.8) is 0 Å². The molecule has 0 aliphatic heterocycles. The van der Waals surface area contributed by atoms with Gasteiger partial charge in [-0.25, -0.2) is 4.39 Å². The SMILES string of the molecule is Fc1cccc(CCCBr)c1Br. The fraction of sp³-hybridized carbons (Fsp3) is 0.333. The molecule has 3 heteroatoms. The molecule has 1 rings (SSSR count). The van der Waals surface area contributed by atoms with Gasteiger partial charge in [0.1, 0.15) is 5.82 Å². The predicted molar refractivity (Wildman–Crippen MR) is 56.2 cm³/mol. The molecule has 0 bridgehead atoms. The zero-order valence-corrected chi connectivity index (χ0v) is 9.66. The summed E-state index contributed by atoms with van der Waals surface area (Å²) in [5, 5.41) is 0.954. The molecule has 0 fully saturated rings. The van der Waals surface area contributed by atoms with Crippen LogP contribution in [0.15, 0.2) is 22.7 Å². The van der Waals surface area contributed by atoms with Crippen molar-refractivity contribution >= 4 is 31.9 Å². The van der Waals surface area contributed by atoms with Crippen molar-refractivity contribution in [3.8, 4) is 0 Å². The van der Waals surface area contributed by atoms with Crippen LogP contribution in [0, 0.1) is 5.82 Å². The lowest BCUT2D eigenvalue weighted by atomic mass is 10.1. The number of halogens is 3. The van der Waals surface area contributed by atoms with E-state index in [4.69, 9.17) is 0 Å². The largest absolute Gasteiger partial charge is 0.206 e. The van der Waals surface area contributed by atoms with Crippen molar-refractivity contribution in [2.45, 2.75) is 12.8 Å². The van der Waals surface area contributed by atoms with Gasteiger partial charge < -0.3 is 0 Å². The molecule has 0 aliphatic carbocycles. The number of rotatable bonds is 3. The first-order chi connectivity index (χ1) is 5.75. The maximum atomic E-state index is 12.9. The van der Waals surface area contributed by atoms with Crippen LogP contribution in [-0.4, -0.2) is 5.33 Å². The van der Waals surface area contributed by atoms with Crippen LogP contribution >= 0.6 is 31.9 Å². The molecule has 1 aromatic rings. The molecule has 0 heterocycles. The third-order valence-electron chi connectivity index (χ3n) is 1.61. The van der Waals surface area contributed by atoms with Gasteiger partial charge in [0.2, 0.25) is 0 Å². The fourth-order valence-corrected chi connectivity index (χ4v) is 1.74. The number of alkyl halides is 1. The molecule has 0 saturated heterocycles. The number of benzene rings is 1. The van der Waals surface area contributed by atoms with Crippen molar-refractivity contribution in [3.05, 3.63) is 34.1 Å². The highest BCUT2D eigenvalue weighted by Gasteiger charge is 2.03. The highest BCUT2D eigenvalue weighted by atomic mass is 79.9. The second-order valence-corrected chi connectivity index (χ2v) is 4.09. The van der Waals surface area contributed by atoms with Crippen LogP contribution in [0.1, 0.15) is 12.0 Å². The van der Waals surface area contributed by atoms with Crippen molar-refractivity contribution in [2.24, 2.45) is 0 Å². The van der Waals surface area contributed by atoms with E-state index in [9.17, 15) is 4.39 Å². The van der Waals surface area contributed by atoms with E-state index >= 15 is 0 Å². The minimum atomic E-state index is -0.179.